The van der Waals surface area contributed by atoms with Crippen LogP contribution in [-0.4, -0.2) is 26.2 Å². The molecule has 0 saturated heterocycles. The van der Waals surface area contributed by atoms with Crippen molar-refractivity contribution in [1.82, 2.24) is 4.98 Å². The number of hydrogen-bond acceptors (Lipinski definition) is 5. The fourth-order valence-corrected chi connectivity index (χ4v) is 2.87. The molecule has 2 aromatic rings. The van der Waals surface area contributed by atoms with E-state index in [0.717, 1.165) is 22.2 Å². The van der Waals surface area contributed by atoms with Crippen LogP contribution in [0.15, 0.2) is 18.2 Å². The van der Waals surface area contributed by atoms with Crippen LogP contribution in [-0.2, 0) is 6.54 Å². The van der Waals surface area contributed by atoms with Crippen molar-refractivity contribution in [2.45, 2.75) is 20.4 Å². The van der Waals surface area contributed by atoms with Gasteiger partial charge in [-0.05, 0) is 25.5 Å². The first-order valence-electron chi connectivity index (χ1n) is 6.53. The van der Waals surface area contributed by atoms with E-state index < -0.39 is 0 Å². The Labute approximate surface area is 124 Å². The molecule has 0 bridgehead atoms. The largest absolute Gasteiger partial charge is 0.480 e. The number of methoxy groups -OCH3 is 1. The molecule has 4 nitrogen and oxygen atoms in total. The van der Waals surface area contributed by atoms with Crippen LogP contribution in [0.1, 0.15) is 16.0 Å². The summed E-state index contributed by atoms with van der Waals surface area (Å²) >= 11 is 1.65. The highest BCUT2D eigenvalue weighted by atomic mass is 32.1. The van der Waals surface area contributed by atoms with Gasteiger partial charge in [0.2, 0.25) is 5.88 Å². The number of thiazole rings is 1. The number of anilines is 2. The van der Waals surface area contributed by atoms with Crippen molar-refractivity contribution in [3.63, 3.8) is 0 Å². The van der Waals surface area contributed by atoms with E-state index >= 15 is 0 Å². The number of benzene rings is 1. The number of hydrogen-bond donors (Lipinski definition) is 1. The highest BCUT2D eigenvalue weighted by molar-refractivity contribution is 7.15. The predicted octanol–water partition coefficient (Wildman–Crippen LogP) is 3.45. The van der Waals surface area contributed by atoms with Crippen molar-refractivity contribution in [2.75, 3.05) is 31.4 Å². The zero-order chi connectivity index (χ0) is 14.7. The Morgan fingerprint density at radius 1 is 1.30 bits per heavy atom. The number of nitrogens with one attached hydrogen (secondary N) is 1. The first-order valence-corrected chi connectivity index (χ1v) is 7.35. The summed E-state index contributed by atoms with van der Waals surface area (Å²) < 4.78 is 5.35. The molecule has 0 unspecified atom stereocenters. The predicted molar refractivity (Wildman–Crippen MR) is 86.2 cm³/mol. The van der Waals surface area contributed by atoms with E-state index in [0.29, 0.717) is 5.88 Å². The molecule has 5 heteroatoms. The van der Waals surface area contributed by atoms with Gasteiger partial charge in [0, 0.05) is 19.8 Å². The Balaban J connectivity index is 2.14. The van der Waals surface area contributed by atoms with Gasteiger partial charge in [-0.25, -0.2) is 0 Å². The molecule has 0 atom stereocenters. The summed E-state index contributed by atoms with van der Waals surface area (Å²) in [6.07, 6.45) is 0. The molecule has 0 aliphatic heterocycles. The summed E-state index contributed by atoms with van der Waals surface area (Å²) in [6.45, 7) is 4.94. The number of rotatable bonds is 5. The minimum Gasteiger partial charge on any atom is -0.480 e. The van der Waals surface area contributed by atoms with E-state index in [1.54, 1.807) is 18.4 Å². The van der Waals surface area contributed by atoms with Crippen molar-refractivity contribution in [1.29, 1.82) is 0 Å². The Kier molecular flexibility index (Phi) is 4.49. The molecule has 0 saturated carbocycles. The van der Waals surface area contributed by atoms with Crippen LogP contribution in [0.4, 0.5) is 10.8 Å². The van der Waals surface area contributed by atoms with Gasteiger partial charge >= 0.3 is 0 Å². The molecule has 0 fully saturated rings. The summed E-state index contributed by atoms with van der Waals surface area (Å²) in [5, 5.41) is 4.41. The molecule has 0 spiro atoms. The molecule has 1 heterocycles. The van der Waals surface area contributed by atoms with Gasteiger partial charge in [-0.3, -0.25) is 0 Å². The van der Waals surface area contributed by atoms with Gasteiger partial charge in [0.15, 0.2) is 5.13 Å². The molecule has 0 radical (unpaired) electrons. The maximum Gasteiger partial charge on any atom is 0.231 e. The zero-order valence-corrected chi connectivity index (χ0v) is 13.5. The second-order valence-corrected chi connectivity index (χ2v) is 6.06. The van der Waals surface area contributed by atoms with Gasteiger partial charge in [0.1, 0.15) is 0 Å². The highest BCUT2D eigenvalue weighted by Gasteiger charge is 2.13. The van der Waals surface area contributed by atoms with E-state index in [1.807, 2.05) is 19.0 Å². The normalized spacial score (nSPS) is 10.4. The van der Waals surface area contributed by atoms with Crippen LogP contribution in [0.3, 0.4) is 0 Å². The molecule has 0 amide bonds. The lowest BCUT2D eigenvalue weighted by atomic mass is 10.1. The van der Waals surface area contributed by atoms with Crippen molar-refractivity contribution >= 4 is 22.2 Å². The zero-order valence-electron chi connectivity index (χ0n) is 12.7. The van der Waals surface area contributed by atoms with Gasteiger partial charge < -0.3 is 15.0 Å². The SMILES string of the molecule is COc1nc(N(C)C)sc1CNc1ccc(C)cc1C. The fraction of sp³-hybridized carbons (Fsp3) is 0.400. The molecule has 1 aromatic carbocycles. The second kappa shape index (κ2) is 6.13. The second-order valence-electron chi connectivity index (χ2n) is 5.00. The summed E-state index contributed by atoms with van der Waals surface area (Å²) in [7, 11) is 5.63. The Morgan fingerprint density at radius 3 is 2.65 bits per heavy atom. The first-order chi connectivity index (χ1) is 9.51. The van der Waals surface area contributed by atoms with Crippen LogP contribution in [0.5, 0.6) is 5.88 Å². The van der Waals surface area contributed by atoms with Crippen molar-refractivity contribution in [3.8, 4) is 5.88 Å². The van der Waals surface area contributed by atoms with Crippen LogP contribution >= 0.6 is 11.3 Å². The molecule has 2 rings (SSSR count). The molecule has 20 heavy (non-hydrogen) atoms. The average Bonchev–Trinajstić information content (AvgIpc) is 2.81. The molecule has 1 aromatic heterocycles. The maximum absolute atomic E-state index is 5.35. The van der Waals surface area contributed by atoms with E-state index in [9.17, 15) is 0 Å². The summed E-state index contributed by atoms with van der Waals surface area (Å²) in [5.74, 6) is 0.705. The highest BCUT2D eigenvalue weighted by Crippen LogP contribution is 2.31. The average molecular weight is 291 g/mol. The lowest BCUT2D eigenvalue weighted by Crippen LogP contribution is -2.07. The lowest BCUT2D eigenvalue weighted by molar-refractivity contribution is 0.397. The van der Waals surface area contributed by atoms with Crippen LogP contribution in [0.2, 0.25) is 0 Å². The van der Waals surface area contributed by atoms with E-state index in [4.69, 9.17) is 4.74 Å². The summed E-state index contributed by atoms with van der Waals surface area (Å²) in [4.78, 5) is 7.56. The number of nitrogens with zero attached hydrogens (tertiary/aromatic N) is 2. The van der Waals surface area contributed by atoms with Crippen LogP contribution in [0.25, 0.3) is 0 Å². The number of aryl methyl sites for hydroxylation is 2. The van der Waals surface area contributed by atoms with E-state index in [-0.39, 0.29) is 0 Å². The topological polar surface area (TPSA) is 37.4 Å². The third-order valence-electron chi connectivity index (χ3n) is 3.05. The molecule has 0 aliphatic carbocycles. The van der Waals surface area contributed by atoms with Crippen LogP contribution < -0.4 is 15.0 Å². The third kappa shape index (κ3) is 3.22. The van der Waals surface area contributed by atoms with Crippen molar-refractivity contribution in [3.05, 3.63) is 34.2 Å². The summed E-state index contributed by atoms with van der Waals surface area (Å²) in [5.41, 5.74) is 3.68. The molecule has 108 valence electrons. The fourth-order valence-electron chi connectivity index (χ4n) is 1.98. The molecule has 0 aliphatic rings. The Bertz CT molecular complexity index is 593. The van der Waals surface area contributed by atoms with Gasteiger partial charge in [-0.2, -0.15) is 4.98 Å². The Hall–Kier alpha value is -1.75. The van der Waals surface area contributed by atoms with E-state index in [1.165, 1.54) is 11.1 Å². The minimum atomic E-state index is 0.705. The smallest absolute Gasteiger partial charge is 0.231 e. The van der Waals surface area contributed by atoms with Gasteiger partial charge in [0.05, 0.1) is 18.5 Å². The van der Waals surface area contributed by atoms with Gasteiger partial charge in [-0.15, -0.1) is 0 Å². The van der Waals surface area contributed by atoms with Crippen LogP contribution in [0, 0.1) is 13.8 Å². The standard InChI is InChI=1S/C15H21N3OS/c1-10-6-7-12(11(2)8-10)16-9-13-14(19-5)17-15(20-13)18(3)4/h6-8,16H,9H2,1-5H3. The number of ether oxygens (including phenoxy) is 1. The lowest BCUT2D eigenvalue weighted by Gasteiger charge is -2.09. The molecule has 1 N–H and O–H groups in total. The first kappa shape index (κ1) is 14.7. The van der Waals surface area contributed by atoms with Gasteiger partial charge in [-0.1, -0.05) is 29.0 Å². The minimum absolute atomic E-state index is 0.705. The van der Waals surface area contributed by atoms with Crippen molar-refractivity contribution < 1.29 is 4.74 Å². The number of aromatic nitrogens is 1. The monoisotopic (exact) mass is 291 g/mol. The maximum atomic E-state index is 5.35. The van der Waals surface area contributed by atoms with E-state index in [2.05, 4.69) is 42.3 Å². The quantitative estimate of drug-likeness (QED) is 0.915. The molecular weight excluding hydrogens is 270 g/mol. The Morgan fingerprint density at radius 2 is 2.05 bits per heavy atom. The molecular formula is C15H21N3OS. The van der Waals surface area contributed by atoms with Crippen molar-refractivity contribution in [2.24, 2.45) is 0 Å². The summed E-state index contributed by atoms with van der Waals surface area (Å²) in [6, 6.07) is 6.41. The third-order valence-corrected chi connectivity index (χ3v) is 4.25. The van der Waals surface area contributed by atoms with Gasteiger partial charge in [0.25, 0.3) is 0 Å².